The molecule has 1 aromatic heterocycles. The number of carbonyl (C=O) groups excluding carboxylic acids is 1. The highest BCUT2D eigenvalue weighted by molar-refractivity contribution is 7.07. The second-order valence-electron chi connectivity index (χ2n) is 3.52. The largest absolute Gasteiger partial charge is 0.466 e. The Kier molecular flexibility index (Phi) is 2.15. The molecule has 16 heavy (non-hydrogen) atoms. The van der Waals surface area contributed by atoms with E-state index in [1.165, 1.54) is 0 Å². The summed E-state index contributed by atoms with van der Waals surface area (Å²) in [6, 6.07) is 9.21. The fourth-order valence-corrected chi connectivity index (χ4v) is 2.36. The van der Waals surface area contributed by atoms with Gasteiger partial charge >= 0.3 is 0 Å². The summed E-state index contributed by atoms with van der Waals surface area (Å²) in [5.41, 5.74) is 1.57. The molecule has 2 aromatic rings. The average Bonchev–Trinajstić information content (AvgIpc) is 2.82. The lowest BCUT2D eigenvalue weighted by Gasteiger charge is -2.26. The lowest BCUT2D eigenvalue weighted by Crippen LogP contribution is -2.36. The Morgan fingerprint density at radius 1 is 1.25 bits per heavy atom. The van der Waals surface area contributed by atoms with Crippen LogP contribution in [0, 0.1) is 0 Å². The number of carbonyl (C=O) groups is 1. The molecule has 0 radical (unpaired) electrons. The van der Waals surface area contributed by atoms with Gasteiger partial charge in [-0.15, -0.1) is 0 Å². The first kappa shape index (κ1) is 9.42. The van der Waals surface area contributed by atoms with Crippen LogP contribution < -0.4 is 10.1 Å². The van der Waals surface area contributed by atoms with E-state index in [9.17, 15) is 4.79 Å². The van der Waals surface area contributed by atoms with E-state index in [2.05, 4.69) is 5.32 Å². The van der Waals surface area contributed by atoms with Crippen LogP contribution in [0.15, 0.2) is 41.1 Å². The summed E-state index contributed by atoms with van der Waals surface area (Å²) < 4.78 is 5.72. The predicted molar refractivity (Wildman–Crippen MR) is 61.6 cm³/mol. The van der Waals surface area contributed by atoms with Crippen molar-refractivity contribution >= 4 is 17.2 Å². The van der Waals surface area contributed by atoms with E-state index >= 15 is 0 Å². The molecule has 3 rings (SSSR count). The number of nitrogens with one attached hydrogen (secondary N) is 1. The van der Waals surface area contributed by atoms with Gasteiger partial charge in [0.1, 0.15) is 5.75 Å². The second-order valence-corrected chi connectivity index (χ2v) is 4.30. The molecular formula is C12H9NO2S. The third kappa shape index (κ3) is 1.47. The third-order valence-electron chi connectivity index (χ3n) is 2.48. The van der Waals surface area contributed by atoms with Crippen molar-refractivity contribution in [3.05, 3.63) is 52.2 Å². The molecule has 1 aromatic carbocycles. The smallest absolute Gasteiger partial charge is 0.258 e. The summed E-state index contributed by atoms with van der Waals surface area (Å²) in [5.74, 6) is 0.556. The molecule has 0 saturated heterocycles. The van der Waals surface area contributed by atoms with Crippen molar-refractivity contribution in [2.45, 2.75) is 6.23 Å². The SMILES string of the molecule is O=C1N[C@H](c2ccsc2)Oc2ccccc21. The minimum absolute atomic E-state index is 0.0851. The highest BCUT2D eigenvalue weighted by Crippen LogP contribution is 2.29. The van der Waals surface area contributed by atoms with Gasteiger partial charge in [-0.1, -0.05) is 12.1 Å². The van der Waals surface area contributed by atoms with Gasteiger partial charge in [-0.05, 0) is 29.0 Å². The minimum atomic E-state index is -0.367. The number of fused-ring (bicyclic) bond motifs is 1. The molecule has 0 spiro atoms. The van der Waals surface area contributed by atoms with E-state index in [1.807, 2.05) is 35.0 Å². The zero-order valence-corrected chi connectivity index (χ0v) is 9.16. The molecule has 1 atom stereocenters. The van der Waals surface area contributed by atoms with Gasteiger partial charge in [0.25, 0.3) is 5.91 Å². The van der Waals surface area contributed by atoms with Gasteiger partial charge < -0.3 is 10.1 Å². The Morgan fingerprint density at radius 2 is 2.12 bits per heavy atom. The van der Waals surface area contributed by atoms with Gasteiger partial charge in [-0.2, -0.15) is 11.3 Å². The number of rotatable bonds is 1. The summed E-state index contributed by atoms with van der Waals surface area (Å²) >= 11 is 1.58. The van der Waals surface area contributed by atoms with Crippen molar-refractivity contribution in [3.8, 4) is 5.75 Å². The number of hydrogen-bond acceptors (Lipinski definition) is 3. The van der Waals surface area contributed by atoms with Crippen molar-refractivity contribution in [2.75, 3.05) is 0 Å². The van der Waals surface area contributed by atoms with Crippen LogP contribution in [0.4, 0.5) is 0 Å². The van der Waals surface area contributed by atoms with Gasteiger partial charge in [0, 0.05) is 5.56 Å². The van der Waals surface area contributed by atoms with E-state index in [0.29, 0.717) is 11.3 Å². The quantitative estimate of drug-likeness (QED) is 0.819. The molecule has 0 fully saturated rings. The summed E-state index contributed by atoms with van der Waals surface area (Å²) in [4.78, 5) is 11.8. The number of amides is 1. The van der Waals surface area contributed by atoms with Crippen molar-refractivity contribution in [1.29, 1.82) is 0 Å². The molecule has 0 aliphatic carbocycles. The normalized spacial score (nSPS) is 18.5. The van der Waals surface area contributed by atoms with Crippen LogP contribution in [-0.2, 0) is 0 Å². The van der Waals surface area contributed by atoms with E-state index in [1.54, 1.807) is 17.4 Å². The monoisotopic (exact) mass is 231 g/mol. The number of para-hydroxylation sites is 1. The maximum Gasteiger partial charge on any atom is 0.258 e. The first-order valence-electron chi connectivity index (χ1n) is 4.93. The highest BCUT2D eigenvalue weighted by atomic mass is 32.1. The van der Waals surface area contributed by atoms with Gasteiger partial charge in [0.05, 0.1) is 5.56 Å². The Balaban J connectivity index is 1.98. The zero-order valence-electron chi connectivity index (χ0n) is 8.34. The van der Waals surface area contributed by atoms with Crippen molar-refractivity contribution in [1.82, 2.24) is 5.32 Å². The molecule has 80 valence electrons. The number of hydrogen-bond donors (Lipinski definition) is 1. The van der Waals surface area contributed by atoms with Crippen LogP contribution >= 0.6 is 11.3 Å². The molecule has 1 N–H and O–H groups in total. The molecule has 1 aliphatic heterocycles. The summed E-state index contributed by atoms with van der Waals surface area (Å²) in [6.45, 7) is 0. The minimum Gasteiger partial charge on any atom is -0.466 e. The summed E-state index contributed by atoms with van der Waals surface area (Å²) in [5, 5.41) is 6.76. The molecule has 2 heterocycles. The standard InChI is InChI=1S/C12H9NO2S/c14-11-9-3-1-2-4-10(9)15-12(13-11)8-5-6-16-7-8/h1-7,12H,(H,13,14)/t12-/m0/s1. The Bertz CT molecular complexity index is 522. The van der Waals surface area contributed by atoms with Gasteiger partial charge in [0.2, 0.25) is 0 Å². The van der Waals surface area contributed by atoms with Crippen molar-refractivity contribution < 1.29 is 9.53 Å². The van der Waals surface area contributed by atoms with Gasteiger partial charge in [-0.25, -0.2) is 0 Å². The second kappa shape index (κ2) is 3.64. The molecule has 0 saturated carbocycles. The fourth-order valence-electron chi connectivity index (χ4n) is 1.69. The van der Waals surface area contributed by atoms with E-state index in [0.717, 1.165) is 5.56 Å². The molecule has 0 unspecified atom stereocenters. The van der Waals surface area contributed by atoms with Crippen molar-refractivity contribution in [2.24, 2.45) is 0 Å². The maximum atomic E-state index is 11.8. The molecular weight excluding hydrogens is 222 g/mol. The summed E-state index contributed by atoms with van der Waals surface area (Å²) in [7, 11) is 0. The first-order valence-corrected chi connectivity index (χ1v) is 5.87. The molecule has 1 aliphatic rings. The van der Waals surface area contributed by atoms with Gasteiger partial charge in [-0.3, -0.25) is 4.79 Å². The first-order chi connectivity index (χ1) is 7.84. The third-order valence-corrected chi connectivity index (χ3v) is 3.19. The van der Waals surface area contributed by atoms with Gasteiger partial charge in [0.15, 0.2) is 6.23 Å². The Labute approximate surface area is 96.7 Å². The Hall–Kier alpha value is -1.81. The molecule has 0 bridgehead atoms. The van der Waals surface area contributed by atoms with Crippen LogP contribution in [0.1, 0.15) is 22.1 Å². The van der Waals surface area contributed by atoms with Crippen LogP contribution in [0.2, 0.25) is 0 Å². The van der Waals surface area contributed by atoms with Crippen LogP contribution in [0.3, 0.4) is 0 Å². The lowest BCUT2D eigenvalue weighted by molar-refractivity contribution is 0.0757. The molecule has 3 nitrogen and oxygen atoms in total. The molecule has 4 heteroatoms. The average molecular weight is 231 g/mol. The van der Waals surface area contributed by atoms with Crippen molar-refractivity contribution in [3.63, 3.8) is 0 Å². The van der Waals surface area contributed by atoms with Crippen LogP contribution in [0.25, 0.3) is 0 Å². The van der Waals surface area contributed by atoms with Crippen LogP contribution in [0.5, 0.6) is 5.75 Å². The Morgan fingerprint density at radius 3 is 2.94 bits per heavy atom. The van der Waals surface area contributed by atoms with Crippen LogP contribution in [-0.4, -0.2) is 5.91 Å². The number of thiophene rings is 1. The predicted octanol–water partition coefficient (Wildman–Crippen LogP) is 2.57. The van der Waals surface area contributed by atoms with E-state index in [4.69, 9.17) is 4.74 Å². The number of benzene rings is 1. The summed E-state index contributed by atoms with van der Waals surface area (Å²) in [6.07, 6.45) is -0.367. The molecule has 1 amide bonds. The highest BCUT2D eigenvalue weighted by Gasteiger charge is 2.26. The maximum absolute atomic E-state index is 11.8. The zero-order chi connectivity index (χ0) is 11.0. The van der Waals surface area contributed by atoms with E-state index in [-0.39, 0.29) is 12.1 Å². The lowest BCUT2D eigenvalue weighted by atomic mass is 10.1. The fraction of sp³-hybridized carbons (Fsp3) is 0.0833. The van der Waals surface area contributed by atoms with E-state index < -0.39 is 0 Å². The topological polar surface area (TPSA) is 38.3 Å². The number of ether oxygens (including phenoxy) is 1.